The van der Waals surface area contributed by atoms with Crippen molar-refractivity contribution in [2.75, 3.05) is 27.6 Å². The molecule has 1 unspecified atom stereocenters. The van der Waals surface area contributed by atoms with Crippen molar-refractivity contribution in [2.45, 2.75) is 19.4 Å². The summed E-state index contributed by atoms with van der Waals surface area (Å²) >= 11 is 5.19. The van der Waals surface area contributed by atoms with Crippen LogP contribution in [0.2, 0.25) is 0 Å². The minimum absolute atomic E-state index is 0.176. The second kappa shape index (κ2) is 10.6. The molecule has 0 aliphatic carbocycles. The van der Waals surface area contributed by atoms with Gasteiger partial charge in [0, 0.05) is 12.6 Å². The maximum absolute atomic E-state index is 12.2. The molecule has 0 fully saturated rings. The highest BCUT2D eigenvalue weighted by Crippen LogP contribution is 2.35. The highest BCUT2D eigenvalue weighted by molar-refractivity contribution is 7.80. The Labute approximate surface area is 185 Å². The molecule has 1 atom stereocenters. The van der Waals surface area contributed by atoms with Crippen molar-refractivity contribution < 1.29 is 28.5 Å². The van der Waals surface area contributed by atoms with E-state index in [1.54, 1.807) is 39.3 Å². The maximum Gasteiger partial charge on any atom is 0.279 e. The molecule has 1 amide bonds. The maximum atomic E-state index is 12.2. The fraction of sp³-hybridized carbons (Fsp3) is 0.333. The van der Waals surface area contributed by atoms with Crippen LogP contribution in [-0.2, 0) is 11.2 Å². The van der Waals surface area contributed by atoms with Gasteiger partial charge in [-0.05, 0) is 55.4 Å². The van der Waals surface area contributed by atoms with Crippen LogP contribution in [-0.4, -0.2) is 44.7 Å². The van der Waals surface area contributed by atoms with E-state index < -0.39 is 6.10 Å². The molecule has 0 aromatic heterocycles. The first-order valence-electron chi connectivity index (χ1n) is 9.61. The van der Waals surface area contributed by atoms with Crippen LogP contribution in [0.5, 0.6) is 28.7 Å². The van der Waals surface area contributed by atoms with Crippen LogP contribution >= 0.6 is 12.2 Å². The van der Waals surface area contributed by atoms with Crippen molar-refractivity contribution >= 4 is 23.2 Å². The molecular weight excluding hydrogens is 422 g/mol. The lowest BCUT2D eigenvalue weighted by Crippen LogP contribution is -2.50. The zero-order chi connectivity index (χ0) is 22.2. The summed E-state index contributed by atoms with van der Waals surface area (Å²) < 4.78 is 26.7. The summed E-state index contributed by atoms with van der Waals surface area (Å²) in [7, 11) is 3.19. The minimum atomic E-state index is -0.748. The lowest BCUT2D eigenvalue weighted by Gasteiger charge is -2.17. The van der Waals surface area contributed by atoms with Gasteiger partial charge in [-0.25, -0.2) is 0 Å². The number of nitrogens with one attached hydrogen (secondary N) is 3. The number of hydrogen-bond donors (Lipinski definition) is 3. The number of thiocarbonyl (C=S) groups is 1. The molecule has 1 aliphatic rings. The van der Waals surface area contributed by atoms with Crippen LogP contribution in [0, 0.1) is 0 Å². The van der Waals surface area contributed by atoms with Crippen molar-refractivity contribution in [3.05, 3.63) is 42.0 Å². The number of carbonyl (C=O) groups excluding carboxylic acids is 1. The standard InChI is InChI=1S/C21H25N3O6S/c1-13(30-15-5-7-17-19(11-15)29-12-28-17)20(25)23-24-21(31)22-9-8-14-4-6-16(26-2)18(10-14)27-3/h4-7,10-11,13H,8-9,12H2,1-3H3,(H,23,25)(H2,22,24,31). The Kier molecular flexibility index (Phi) is 7.60. The van der Waals surface area contributed by atoms with Gasteiger partial charge in [0.25, 0.3) is 5.91 Å². The number of hydrogen-bond acceptors (Lipinski definition) is 7. The van der Waals surface area contributed by atoms with Crippen LogP contribution in [0.25, 0.3) is 0 Å². The predicted molar refractivity (Wildman–Crippen MR) is 118 cm³/mol. The van der Waals surface area contributed by atoms with Gasteiger partial charge in [0.1, 0.15) is 5.75 Å². The number of methoxy groups -OCH3 is 2. The van der Waals surface area contributed by atoms with Gasteiger partial charge in [-0.2, -0.15) is 0 Å². The third-order valence-electron chi connectivity index (χ3n) is 4.47. The number of rotatable bonds is 8. The molecule has 1 heterocycles. The summed E-state index contributed by atoms with van der Waals surface area (Å²) in [5.74, 6) is 2.71. The van der Waals surface area contributed by atoms with Crippen LogP contribution in [0.15, 0.2) is 36.4 Å². The first-order chi connectivity index (χ1) is 15.0. The Morgan fingerprint density at radius 3 is 2.61 bits per heavy atom. The fourth-order valence-electron chi connectivity index (χ4n) is 2.83. The van der Waals surface area contributed by atoms with Crippen LogP contribution in [0.4, 0.5) is 0 Å². The van der Waals surface area contributed by atoms with Gasteiger partial charge in [0.15, 0.2) is 34.2 Å². The lowest BCUT2D eigenvalue weighted by molar-refractivity contribution is -0.127. The Hall–Kier alpha value is -3.40. The average molecular weight is 448 g/mol. The molecule has 10 heteroatoms. The van der Waals surface area contributed by atoms with E-state index in [-0.39, 0.29) is 12.7 Å². The molecule has 9 nitrogen and oxygen atoms in total. The number of ether oxygens (including phenoxy) is 5. The first-order valence-corrected chi connectivity index (χ1v) is 10.0. The predicted octanol–water partition coefficient (Wildman–Crippen LogP) is 1.94. The lowest BCUT2D eigenvalue weighted by atomic mass is 10.1. The van der Waals surface area contributed by atoms with E-state index >= 15 is 0 Å². The SMILES string of the molecule is COc1ccc(CCNC(=S)NNC(=O)C(C)Oc2ccc3c(c2)OCO3)cc1OC. The third-order valence-corrected chi connectivity index (χ3v) is 4.72. The van der Waals surface area contributed by atoms with Crippen LogP contribution in [0.1, 0.15) is 12.5 Å². The van der Waals surface area contributed by atoms with E-state index in [1.807, 2.05) is 18.2 Å². The third kappa shape index (κ3) is 6.05. The van der Waals surface area contributed by atoms with Crippen molar-refractivity contribution in [1.29, 1.82) is 0 Å². The number of benzene rings is 2. The molecule has 2 aromatic rings. The molecular formula is C21H25N3O6S. The smallest absolute Gasteiger partial charge is 0.279 e. The molecule has 31 heavy (non-hydrogen) atoms. The topological polar surface area (TPSA) is 99.3 Å². The Bertz CT molecular complexity index is 939. The van der Waals surface area contributed by atoms with Gasteiger partial charge in [-0.3, -0.25) is 15.6 Å². The van der Waals surface area contributed by atoms with Gasteiger partial charge >= 0.3 is 0 Å². The second-order valence-corrected chi connectivity index (χ2v) is 6.99. The number of amides is 1. The van der Waals surface area contributed by atoms with Crippen molar-refractivity contribution in [1.82, 2.24) is 16.2 Å². The summed E-state index contributed by atoms with van der Waals surface area (Å²) in [6, 6.07) is 10.8. The number of fused-ring (bicyclic) bond motifs is 1. The molecule has 1 aliphatic heterocycles. The highest BCUT2D eigenvalue weighted by atomic mass is 32.1. The summed E-state index contributed by atoms with van der Waals surface area (Å²) in [4.78, 5) is 12.2. The number of carbonyl (C=O) groups is 1. The quantitative estimate of drug-likeness (QED) is 0.414. The van der Waals surface area contributed by atoms with Crippen molar-refractivity contribution in [3.8, 4) is 28.7 Å². The van der Waals surface area contributed by atoms with Crippen molar-refractivity contribution in [3.63, 3.8) is 0 Å². The van der Waals surface area contributed by atoms with Crippen LogP contribution < -0.4 is 39.9 Å². The zero-order valence-electron chi connectivity index (χ0n) is 17.5. The van der Waals surface area contributed by atoms with Gasteiger partial charge in [0.05, 0.1) is 14.2 Å². The zero-order valence-corrected chi connectivity index (χ0v) is 18.3. The Morgan fingerprint density at radius 2 is 1.84 bits per heavy atom. The molecule has 0 spiro atoms. The normalized spacial score (nSPS) is 12.5. The largest absolute Gasteiger partial charge is 0.493 e. The van der Waals surface area contributed by atoms with E-state index in [0.717, 1.165) is 5.56 Å². The van der Waals surface area contributed by atoms with E-state index in [9.17, 15) is 4.79 Å². The summed E-state index contributed by atoms with van der Waals surface area (Å²) in [6.45, 7) is 2.38. The molecule has 3 N–H and O–H groups in total. The molecule has 0 bridgehead atoms. The molecule has 0 radical (unpaired) electrons. The molecule has 2 aromatic carbocycles. The van der Waals surface area contributed by atoms with E-state index in [0.29, 0.717) is 46.8 Å². The van der Waals surface area contributed by atoms with E-state index in [4.69, 9.17) is 35.9 Å². The minimum Gasteiger partial charge on any atom is -0.493 e. The van der Waals surface area contributed by atoms with Gasteiger partial charge in [-0.15, -0.1) is 0 Å². The first kappa shape index (κ1) is 22.3. The summed E-state index contributed by atoms with van der Waals surface area (Å²) in [5, 5.41) is 3.33. The molecule has 0 saturated carbocycles. The van der Waals surface area contributed by atoms with E-state index in [1.165, 1.54) is 0 Å². The van der Waals surface area contributed by atoms with Crippen LogP contribution in [0.3, 0.4) is 0 Å². The van der Waals surface area contributed by atoms with Crippen molar-refractivity contribution in [2.24, 2.45) is 0 Å². The molecule has 166 valence electrons. The second-order valence-electron chi connectivity index (χ2n) is 6.58. The Morgan fingerprint density at radius 1 is 1.06 bits per heavy atom. The Balaban J connectivity index is 1.38. The number of hydrazine groups is 1. The van der Waals surface area contributed by atoms with E-state index in [2.05, 4.69) is 16.2 Å². The fourth-order valence-corrected chi connectivity index (χ4v) is 2.98. The highest BCUT2D eigenvalue weighted by Gasteiger charge is 2.18. The average Bonchev–Trinajstić information content (AvgIpc) is 3.25. The molecule has 0 saturated heterocycles. The summed E-state index contributed by atoms with van der Waals surface area (Å²) in [6.07, 6.45) is -0.0397. The monoisotopic (exact) mass is 447 g/mol. The molecule has 3 rings (SSSR count). The van der Waals surface area contributed by atoms with Gasteiger partial charge < -0.3 is 29.0 Å². The van der Waals surface area contributed by atoms with Gasteiger partial charge in [0.2, 0.25) is 6.79 Å². The van der Waals surface area contributed by atoms with Gasteiger partial charge in [-0.1, -0.05) is 6.07 Å². The summed E-state index contributed by atoms with van der Waals surface area (Å²) in [5.41, 5.74) is 6.25.